The first-order chi connectivity index (χ1) is 5.12. The van der Waals surface area contributed by atoms with Crippen LogP contribution in [0.25, 0.3) is 0 Å². The van der Waals surface area contributed by atoms with Gasteiger partial charge >= 0.3 is 0 Å². The largest absolute Gasteiger partial charge is 0.420 e. The normalized spacial score (nSPS) is 12.7. The first-order valence-corrected chi connectivity index (χ1v) is 7.23. The van der Waals surface area contributed by atoms with Crippen molar-refractivity contribution >= 4 is 14.5 Å². The Labute approximate surface area is 70.8 Å². The lowest BCUT2D eigenvalue weighted by Gasteiger charge is -2.18. The lowest BCUT2D eigenvalue weighted by atomic mass is 10.5. The quantitative estimate of drug-likeness (QED) is 0.355. The summed E-state index contributed by atoms with van der Waals surface area (Å²) in [6.45, 7) is 7.39. The Bertz CT molecular complexity index is 123. The molecule has 3 heteroatoms. The third kappa shape index (κ3) is 6.25. The highest BCUT2D eigenvalue weighted by atomic mass is 28.4. The summed E-state index contributed by atoms with van der Waals surface area (Å²) >= 11 is 0. The van der Waals surface area contributed by atoms with E-state index in [2.05, 4.69) is 18.1 Å². The molecule has 2 nitrogen and oxygen atoms in total. The average Bonchev–Trinajstić information content (AvgIpc) is 1.99. The Morgan fingerprint density at radius 3 is 2.55 bits per heavy atom. The summed E-state index contributed by atoms with van der Waals surface area (Å²) < 4.78 is 5.40. The summed E-state index contributed by atoms with van der Waals surface area (Å²) in [7, 11) is 0.514. The van der Waals surface area contributed by atoms with Crippen molar-refractivity contribution in [3.8, 4) is 0 Å². The molecule has 0 unspecified atom stereocenters. The molecule has 0 aliphatic heterocycles. The first-order valence-electron chi connectivity index (χ1n) is 4.12. The molecule has 66 valence electrons. The van der Waals surface area contributed by atoms with Gasteiger partial charge in [-0.1, -0.05) is 0 Å². The molecule has 0 radical (unpaired) electrons. The molecule has 0 aromatic heterocycles. The highest BCUT2D eigenvalue weighted by Gasteiger charge is 2.18. The van der Waals surface area contributed by atoms with E-state index in [1.807, 2.05) is 20.2 Å². The topological polar surface area (TPSA) is 21.6 Å². The summed E-state index contributed by atoms with van der Waals surface area (Å²) in [6.07, 6.45) is 3.03. The molecular formula is C8H19NOSi. The van der Waals surface area contributed by atoms with Gasteiger partial charge in [-0.05, 0) is 38.7 Å². The van der Waals surface area contributed by atoms with Crippen LogP contribution in [0.15, 0.2) is 4.99 Å². The Balaban J connectivity index is 3.37. The lowest BCUT2D eigenvalue weighted by molar-refractivity contribution is 0.402. The number of aliphatic imine (C=N–C) groups is 1. The molecule has 0 saturated heterocycles. The third-order valence-electron chi connectivity index (χ3n) is 1.80. The van der Waals surface area contributed by atoms with Crippen molar-refractivity contribution in [1.82, 2.24) is 0 Å². The van der Waals surface area contributed by atoms with Crippen LogP contribution in [0.1, 0.15) is 13.3 Å². The highest BCUT2D eigenvalue weighted by molar-refractivity contribution is 6.71. The van der Waals surface area contributed by atoms with Gasteiger partial charge in [-0.3, -0.25) is 4.99 Å². The summed E-state index contributed by atoms with van der Waals surface area (Å²) in [5, 5.41) is 0. The number of hydrogen-bond acceptors (Lipinski definition) is 2. The van der Waals surface area contributed by atoms with Gasteiger partial charge in [-0.15, -0.1) is 0 Å². The predicted molar refractivity (Wildman–Crippen MR) is 52.9 cm³/mol. The molecule has 0 aromatic carbocycles. The number of hydrogen-bond donors (Lipinski definition) is 0. The molecule has 0 aliphatic carbocycles. The molecule has 0 fully saturated rings. The smallest absolute Gasteiger partial charge is 0.186 e. The first kappa shape index (κ1) is 10.8. The molecule has 0 N–H and O–H groups in total. The Kier molecular flexibility index (Phi) is 5.41. The molecule has 0 saturated carbocycles. The van der Waals surface area contributed by atoms with E-state index in [4.69, 9.17) is 4.43 Å². The highest BCUT2D eigenvalue weighted by Crippen LogP contribution is 2.11. The molecule has 0 bridgehead atoms. The maximum Gasteiger partial charge on any atom is 0.186 e. The second kappa shape index (κ2) is 5.49. The van der Waals surface area contributed by atoms with E-state index in [1.165, 1.54) is 6.04 Å². The molecule has 11 heavy (non-hydrogen) atoms. The van der Waals surface area contributed by atoms with Gasteiger partial charge in [0.1, 0.15) is 0 Å². The number of rotatable bonds is 5. The average molecular weight is 173 g/mol. The van der Waals surface area contributed by atoms with Crippen molar-refractivity contribution in [3.63, 3.8) is 0 Å². The van der Waals surface area contributed by atoms with Crippen LogP contribution in [-0.2, 0) is 4.43 Å². The Hall–Kier alpha value is -0.153. The summed E-state index contributed by atoms with van der Waals surface area (Å²) in [6, 6.07) is 1.21. The van der Waals surface area contributed by atoms with Crippen LogP contribution in [0, 0.1) is 0 Å². The zero-order chi connectivity index (χ0) is 8.74. The van der Waals surface area contributed by atoms with Crippen LogP contribution < -0.4 is 0 Å². The van der Waals surface area contributed by atoms with Gasteiger partial charge in [0, 0.05) is 13.7 Å². The molecule has 0 aliphatic rings. The Morgan fingerprint density at radius 1 is 1.45 bits per heavy atom. The van der Waals surface area contributed by atoms with Crippen molar-refractivity contribution in [2.75, 3.05) is 13.7 Å². The molecule has 0 amide bonds. The van der Waals surface area contributed by atoms with E-state index >= 15 is 0 Å². The van der Waals surface area contributed by atoms with Gasteiger partial charge < -0.3 is 4.43 Å². The van der Waals surface area contributed by atoms with Crippen LogP contribution in [0.5, 0.6) is 0 Å². The van der Waals surface area contributed by atoms with E-state index in [9.17, 15) is 0 Å². The van der Waals surface area contributed by atoms with Crippen molar-refractivity contribution in [2.24, 2.45) is 4.99 Å². The van der Waals surface area contributed by atoms with Crippen LogP contribution in [-0.4, -0.2) is 28.2 Å². The van der Waals surface area contributed by atoms with E-state index in [-0.39, 0.29) is 0 Å². The summed E-state index contributed by atoms with van der Waals surface area (Å²) in [5.74, 6) is 0. The van der Waals surface area contributed by atoms with Crippen LogP contribution in [0.2, 0.25) is 19.1 Å². The third-order valence-corrected chi connectivity index (χ3v) is 4.46. The lowest BCUT2D eigenvalue weighted by Crippen LogP contribution is -2.28. The molecule has 0 heterocycles. The minimum absolute atomic E-state index is 0.955. The zero-order valence-electron chi connectivity index (χ0n) is 8.05. The molecule has 0 atom stereocenters. The van der Waals surface area contributed by atoms with Crippen molar-refractivity contribution in [1.29, 1.82) is 0 Å². The van der Waals surface area contributed by atoms with Crippen molar-refractivity contribution in [3.05, 3.63) is 0 Å². The summed E-state index contributed by atoms with van der Waals surface area (Å²) in [5.41, 5.74) is 0. The van der Waals surface area contributed by atoms with Crippen LogP contribution in [0.3, 0.4) is 0 Å². The van der Waals surface area contributed by atoms with E-state index in [0.717, 1.165) is 13.0 Å². The molecular weight excluding hydrogens is 154 g/mol. The Morgan fingerprint density at radius 2 is 2.09 bits per heavy atom. The fourth-order valence-electron chi connectivity index (χ4n) is 0.827. The van der Waals surface area contributed by atoms with Crippen LogP contribution >= 0.6 is 0 Å². The SMILES string of the molecule is CC=NCCC[Si](C)(C)OC. The second-order valence-corrected chi connectivity index (χ2v) is 7.66. The molecule has 0 aromatic rings. The van der Waals surface area contributed by atoms with Gasteiger partial charge in [-0.25, -0.2) is 0 Å². The fourth-order valence-corrected chi connectivity index (χ4v) is 2.04. The van der Waals surface area contributed by atoms with Crippen molar-refractivity contribution in [2.45, 2.75) is 32.5 Å². The predicted octanol–water partition coefficient (Wildman–Crippen LogP) is 2.32. The minimum atomic E-state index is -1.30. The fraction of sp³-hybridized carbons (Fsp3) is 0.875. The maximum absolute atomic E-state index is 5.40. The van der Waals surface area contributed by atoms with Gasteiger partial charge in [-0.2, -0.15) is 0 Å². The molecule has 0 rings (SSSR count). The zero-order valence-corrected chi connectivity index (χ0v) is 9.05. The minimum Gasteiger partial charge on any atom is -0.420 e. The van der Waals surface area contributed by atoms with Gasteiger partial charge in [0.15, 0.2) is 8.32 Å². The van der Waals surface area contributed by atoms with Gasteiger partial charge in [0.25, 0.3) is 0 Å². The molecule has 0 spiro atoms. The monoisotopic (exact) mass is 173 g/mol. The summed E-state index contributed by atoms with van der Waals surface area (Å²) in [4.78, 5) is 4.15. The second-order valence-electron chi connectivity index (χ2n) is 3.23. The van der Waals surface area contributed by atoms with Crippen molar-refractivity contribution < 1.29 is 4.43 Å². The van der Waals surface area contributed by atoms with E-state index in [1.54, 1.807) is 0 Å². The van der Waals surface area contributed by atoms with E-state index < -0.39 is 8.32 Å². The van der Waals surface area contributed by atoms with E-state index in [0.29, 0.717) is 0 Å². The maximum atomic E-state index is 5.40. The van der Waals surface area contributed by atoms with Gasteiger partial charge in [0.2, 0.25) is 0 Å². The van der Waals surface area contributed by atoms with Gasteiger partial charge in [0.05, 0.1) is 0 Å². The number of nitrogens with zero attached hydrogens (tertiary/aromatic N) is 1. The standard InChI is InChI=1S/C8H19NOSi/c1-5-9-7-6-8-11(3,4)10-2/h5H,6-8H2,1-4H3. The van der Waals surface area contributed by atoms with Crippen LogP contribution in [0.4, 0.5) is 0 Å².